The van der Waals surface area contributed by atoms with Crippen molar-refractivity contribution in [3.8, 4) is 0 Å². The van der Waals surface area contributed by atoms with Crippen molar-refractivity contribution in [1.29, 1.82) is 0 Å². The van der Waals surface area contributed by atoms with Gasteiger partial charge in [-0.3, -0.25) is 4.68 Å². The largest absolute Gasteiger partial charge is 0.416 e. The maximum Gasteiger partial charge on any atom is 0.416 e. The molecule has 0 fully saturated rings. The summed E-state index contributed by atoms with van der Waals surface area (Å²) < 4.78 is 52.4. The van der Waals surface area contributed by atoms with E-state index in [1.807, 2.05) is 0 Å². The fourth-order valence-electron chi connectivity index (χ4n) is 1.75. The lowest BCUT2D eigenvalue weighted by atomic mass is 10.1. The van der Waals surface area contributed by atoms with Crippen molar-refractivity contribution >= 4 is 5.69 Å². The number of nitrogens with two attached hydrogens (primary N) is 1. The highest BCUT2D eigenvalue weighted by molar-refractivity contribution is 5.33. The summed E-state index contributed by atoms with van der Waals surface area (Å²) in [4.78, 5) is 0. The van der Waals surface area contributed by atoms with E-state index in [0.29, 0.717) is 11.8 Å². The molecule has 3 nitrogen and oxygen atoms in total. The molecule has 0 aliphatic rings. The van der Waals surface area contributed by atoms with Crippen LogP contribution in [0.3, 0.4) is 0 Å². The van der Waals surface area contributed by atoms with Gasteiger partial charge in [0.1, 0.15) is 5.82 Å². The fourth-order valence-corrected chi connectivity index (χ4v) is 1.75. The molecule has 2 N–H and O–H groups in total. The van der Waals surface area contributed by atoms with Gasteiger partial charge in [0.15, 0.2) is 0 Å². The van der Waals surface area contributed by atoms with E-state index in [4.69, 9.17) is 5.73 Å². The lowest BCUT2D eigenvalue weighted by Gasteiger charge is -2.15. The second kappa shape index (κ2) is 4.56. The minimum Gasteiger partial charge on any atom is -0.396 e. The maximum atomic E-state index is 13.8. The molecule has 0 saturated carbocycles. The molecule has 1 aromatic carbocycles. The zero-order valence-corrected chi connectivity index (χ0v) is 9.95. The second-order valence-electron chi connectivity index (χ2n) is 4.16. The van der Waals surface area contributed by atoms with Gasteiger partial charge in [0.2, 0.25) is 0 Å². The van der Waals surface area contributed by atoms with Crippen LogP contribution in [-0.2, 0) is 6.18 Å². The Balaban J connectivity index is 2.36. The number of benzene rings is 1. The van der Waals surface area contributed by atoms with E-state index in [-0.39, 0.29) is 5.56 Å². The van der Waals surface area contributed by atoms with Crippen LogP contribution in [0.2, 0.25) is 0 Å². The predicted molar refractivity (Wildman–Crippen MR) is 61.9 cm³/mol. The number of nitrogens with zero attached hydrogens (tertiary/aromatic N) is 2. The van der Waals surface area contributed by atoms with Crippen molar-refractivity contribution in [3.63, 3.8) is 0 Å². The number of hydrogen-bond donors (Lipinski definition) is 1. The van der Waals surface area contributed by atoms with Gasteiger partial charge >= 0.3 is 6.18 Å². The standard InChI is InChI=1S/C12H11F4N3/c1-7(19-6-9(17)5-18-19)10-3-2-8(4-11(10)13)12(14,15)16/h2-7H,17H2,1H3. The van der Waals surface area contributed by atoms with Crippen molar-refractivity contribution in [2.75, 3.05) is 5.73 Å². The van der Waals surface area contributed by atoms with Crippen molar-refractivity contribution in [2.24, 2.45) is 0 Å². The molecule has 19 heavy (non-hydrogen) atoms. The first-order valence-corrected chi connectivity index (χ1v) is 5.45. The van der Waals surface area contributed by atoms with Crippen molar-refractivity contribution in [2.45, 2.75) is 19.1 Å². The monoisotopic (exact) mass is 273 g/mol. The molecule has 0 spiro atoms. The van der Waals surface area contributed by atoms with Crippen LogP contribution in [-0.4, -0.2) is 9.78 Å². The van der Waals surface area contributed by atoms with Gasteiger partial charge in [-0.15, -0.1) is 0 Å². The minimum absolute atomic E-state index is 0.121. The zero-order chi connectivity index (χ0) is 14.2. The summed E-state index contributed by atoms with van der Waals surface area (Å²) in [7, 11) is 0. The van der Waals surface area contributed by atoms with Crippen LogP contribution in [0.25, 0.3) is 0 Å². The highest BCUT2D eigenvalue weighted by atomic mass is 19.4. The van der Waals surface area contributed by atoms with Crippen LogP contribution < -0.4 is 5.73 Å². The molecule has 0 aliphatic carbocycles. The average molecular weight is 273 g/mol. The van der Waals surface area contributed by atoms with Gasteiger partial charge in [-0.2, -0.15) is 18.3 Å². The number of rotatable bonds is 2. The Kier molecular flexibility index (Phi) is 3.21. The molecule has 0 amide bonds. The van der Waals surface area contributed by atoms with Gasteiger partial charge in [-0.05, 0) is 19.1 Å². The SMILES string of the molecule is CC(c1ccc(C(F)(F)F)cc1F)n1cc(N)cn1. The van der Waals surface area contributed by atoms with Crippen molar-refractivity contribution in [1.82, 2.24) is 9.78 Å². The molecule has 102 valence electrons. The lowest BCUT2D eigenvalue weighted by Crippen LogP contribution is -2.11. The van der Waals surface area contributed by atoms with Crippen LogP contribution in [0.15, 0.2) is 30.6 Å². The topological polar surface area (TPSA) is 43.8 Å². The van der Waals surface area contributed by atoms with Crippen LogP contribution in [0.5, 0.6) is 0 Å². The van der Waals surface area contributed by atoms with Gasteiger partial charge in [0.05, 0.1) is 23.5 Å². The normalized spacial score (nSPS) is 13.5. The third-order valence-electron chi connectivity index (χ3n) is 2.80. The Hall–Kier alpha value is -2.05. The lowest BCUT2D eigenvalue weighted by molar-refractivity contribution is -0.137. The van der Waals surface area contributed by atoms with E-state index in [1.165, 1.54) is 17.1 Å². The van der Waals surface area contributed by atoms with Gasteiger partial charge in [-0.25, -0.2) is 4.39 Å². The Morgan fingerprint density at radius 1 is 1.32 bits per heavy atom. The van der Waals surface area contributed by atoms with E-state index >= 15 is 0 Å². The Morgan fingerprint density at radius 3 is 2.47 bits per heavy atom. The third-order valence-corrected chi connectivity index (χ3v) is 2.80. The number of aromatic nitrogens is 2. The van der Waals surface area contributed by atoms with E-state index in [9.17, 15) is 17.6 Å². The zero-order valence-electron chi connectivity index (χ0n) is 9.95. The van der Waals surface area contributed by atoms with Gasteiger partial charge in [-0.1, -0.05) is 6.07 Å². The third kappa shape index (κ3) is 2.69. The first kappa shape index (κ1) is 13.4. The van der Waals surface area contributed by atoms with Crippen LogP contribution in [0.4, 0.5) is 23.2 Å². The molecule has 1 heterocycles. The second-order valence-corrected chi connectivity index (χ2v) is 4.16. The average Bonchev–Trinajstić information content (AvgIpc) is 2.73. The number of halogens is 4. The summed E-state index contributed by atoms with van der Waals surface area (Å²) in [5.41, 5.74) is 5.00. The number of nitrogen functional groups attached to an aromatic ring is 1. The van der Waals surface area contributed by atoms with Crippen molar-refractivity contribution < 1.29 is 17.6 Å². The highest BCUT2D eigenvalue weighted by Gasteiger charge is 2.31. The van der Waals surface area contributed by atoms with E-state index in [2.05, 4.69) is 5.10 Å². The summed E-state index contributed by atoms with van der Waals surface area (Å²) in [5.74, 6) is -0.920. The Bertz CT molecular complexity index is 589. The smallest absolute Gasteiger partial charge is 0.396 e. The molecular formula is C12H11F4N3. The van der Waals surface area contributed by atoms with E-state index in [0.717, 1.165) is 12.1 Å². The molecule has 0 radical (unpaired) electrons. The maximum absolute atomic E-state index is 13.8. The van der Waals surface area contributed by atoms with Gasteiger partial charge < -0.3 is 5.73 Å². The molecule has 2 rings (SSSR count). The highest BCUT2D eigenvalue weighted by Crippen LogP contribution is 2.31. The molecular weight excluding hydrogens is 262 g/mol. The molecule has 0 aliphatic heterocycles. The van der Waals surface area contributed by atoms with Crippen LogP contribution >= 0.6 is 0 Å². The van der Waals surface area contributed by atoms with Gasteiger partial charge in [0.25, 0.3) is 0 Å². The quantitative estimate of drug-likeness (QED) is 0.854. The van der Waals surface area contributed by atoms with Crippen molar-refractivity contribution in [3.05, 3.63) is 47.5 Å². The fraction of sp³-hybridized carbons (Fsp3) is 0.250. The molecule has 1 aromatic heterocycles. The summed E-state index contributed by atoms with van der Waals surface area (Å²) in [6.07, 6.45) is -1.68. The molecule has 0 saturated heterocycles. The molecule has 2 aromatic rings. The number of anilines is 1. The summed E-state index contributed by atoms with van der Waals surface area (Å²) >= 11 is 0. The van der Waals surface area contributed by atoms with Gasteiger partial charge in [0, 0.05) is 11.8 Å². The van der Waals surface area contributed by atoms with E-state index in [1.54, 1.807) is 6.92 Å². The molecule has 1 atom stereocenters. The minimum atomic E-state index is -4.56. The van der Waals surface area contributed by atoms with Crippen LogP contribution in [0, 0.1) is 5.82 Å². The molecule has 0 bridgehead atoms. The molecule has 7 heteroatoms. The Morgan fingerprint density at radius 2 is 2.00 bits per heavy atom. The number of alkyl halides is 3. The first-order valence-electron chi connectivity index (χ1n) is 5.45. The summed E-state index contributed by atoms with van der Waals surface area (Å²) in [6, 6.07) is 1.90. The Labute approximate surface area is 106 Å². The first-order chi connectivity index (χ1) is 8.79. The van der Waals surface area contributed by atoms with E-state index < -0.39 is 23.6 Å². The number of hydrogen-bond acceptors (Lipinski definition) is 2. The van der Waals surface area contributed by atoms with Crippen LogP contribution in [0.1, 0.15) is 24.1 Å². The summed E-state index contributed by atoms with van der Waals surface area (Å²) in [5, 5.41) is 3.91. The molecule has 1 unspecified atom stereocenters. The summed E-state index contributed by atoms with van der Waals surface area (Å²) in [6.45, 7) is 1.62. The predicted octanol–water partition coefficient (Wildman–Crippen LogP) is 3.23.